The standard InChI is InChI=1S/C25H31N3O4/c1-18-8-13-22-26-20(16-28(22)15-18)17-31-21-11-9-19(10-12-21)24(30)27(5)14-6-7-23(29)32-25(2,3)4/h8-13,15-16H,6-7,14,17H2,1-5H3. The maximum absolute atomic E-state index is 12.6. The van der Waals surface area contributed by atoms with Gasteiger partial charge < -0.3 is 18.8 Å². The van der Waals surface area contributed by atoms with Gasteiger partial charge in [0.15, 0.2) is 0 Å². The molecule has 32 heavy (non-hydrogen) atoms. The van der Waals surface area contributed by atoms with Gasteiger partial charge in [-0.15, -0.1) is 0 Å². The van der Waals surface area contributed by atoms with E-state index in [4.69, 9.17) is 9.47 Å². The number of carbonyl (C=O) groups is 2. The zero-order chi connectivity index (χ0) is 23.3. The van der Waals surface area contributed by atoms with Crippen molar-refractivity contribution in [3.8, 4) is 5.75 Å². The third kappa shape index (κ3) is 6.57. The van der Waals surface area contributed by atoms with Crippen molar-refractivity contribution >= 4 is 17.5 Å². The molecule has 0 fully saturated rings. The quantitative estimate of drug-likeness (QED) is 0.488. The molecule has 0 N–H and O–H groups in total. The summed E-state index contributed by atoms with van der Waals surface area (Å²) in [6.07, 6.45) is 4.81. The highest BCUT2D eigenvalue weighted by atomic mass is 16.6. The Labute approximate surface area is 189 Å². The van der Waals surface area contributed by atoms with Crippen LogP contribution >= 0.6 is 0 Å². The van der Waals surface area contributed by atoms with Crippen LogP contribution in [-0.4, -0.2) is 45.4 Å². The number of amides is 1. The summed E-state index contributed by atoms with van der Waals surface area (Å²) in [5.41, 5.74) is 2.95. The smallest absolute Gasteiger partial charge is 0.306 e. The lowest BCUT2D eigenvalue weighted by atomic mass is 10.2. The Morgan fingerprint density at radius 3 is 2.47 bits per heavy atom. The number of benzene rings is 1. The normalized spacial score (nSPS) is 11.4. The Bertz CT molecular complexity index is 1080. The molecule has 1 aromatic carbocycles. The lowest BCUT2D eigenvalue weighted by Gasteiger charge is -2.20. The average Bonchev–Trinajstić information content (AvgIpc) is 3.12. The zero-order valence-corrected chi connectivity index (χ0v) is 19.4. The van der Waals surface area contributed by atoms with Crippen LogP contribution in [0.2, 0.25) is 0 Å². The highest BCUT2D eigenvalue weighted by Crippen LogP contribution is 2.16. The Morgan fingerprint density at radius 1 is 1.06 bits per heavy atom. The number of rotatable bonds is 8. The van der Waals surface area contributed by atoms with E-state index in [9.17, 15) is 9.59 Å². The van der Waals surface area contributed by atoms with Gasteiger partial charge in [-0.3, -0.25) is 9.59 Å². The number of pyridine rings is 1. The summed E-state index contributed by atoms with van der Waals surface area (Å²) in [6.45, 7) is 8.38. The molecule has 0 aliphatic carbocycles. The second-order valence-corrected chi connectivity index (χ2v) is 8.93. The third-order valence-electron chi connectivity index (χ3n) is 4.78. The zero-order valence-electron chi connectivity index (χ0n) is 19.4. The van der Waals surface area contributed by atoms with Gasteiger partial charge in [0.05, 0.1) is 5.69 Å². The van der Waals surface area contributed by atoms with Gasteiger partial charge >= 0.3 is 5.97 Å². The fourth-order valence-corrected chi connectivity index (χ4v) is 3.25. The summed E-state index contributed by atoms with van der Waals surface area (Å²) in [5, 5.41) is 0. The Kier molecular flexibility index (Phi) is 7.18. The van der Waals surface area contributed by atoms with E-state index in [-0.39, 0.29) is 18.3 Å². The molecular weight excluding hydrogens is 406 g/mol. The molecule has 0 bridgehead atoms. The summed E-state index contributed by atoms with van der Waals surface area (Å²) >= 11 is 0. The van der Waals surface area contributed by atoms with Crippen LogP contribution in [0.25, 0.3) is 5.65 Å². The molecule has 2 aromatic heterocycles. The van der Waals surface area contributed by atoms with Gasteiger partial charge in [0.1, 0.15) is 23.6 Å². The van der Waals surface area contributed by atoms with Gasteiger partial charge in [-0.2, -0.15) is 0 Å². The van der Waals surface area contributed by atoms with Crippen LogP contribution in [0, 0.1) is 6.92 Å². The van der Waals surface area contributed by atoms with Crippen LogP contribution in [0.1, 0.15) is 55.2 Å². The van der Waals surface area contributed by atoms with Gasteiger partial charge in [-0.25, -0.2) is 4.98 Å². The summed E-state index contributed by atoms with van der Waals surface area (Å²) in [6, 6.07) is 11.0. The monoisotopic (exact) mass is 437 g/mol. The summed E-state index contributed by atoms with van der Waals surface area (Å²) in [5.74, 6) is 0.319. The number of fused-ring (bicyclic) bond motifs is 1. The van der Waals surface area contributed by atoms with Crippen molar-refractivity contribution in [2.24, 2.45) is 0 Å². The molecule has 0 saturated carbocycles. The van der Waals surface area contributed by atoms with Crippen LogP contribution in [0.4, 0.5) is 0 Å². The first-order valence-corrected chi connectivity index (χ1v) is 10.8. The molecule has 3 rings (SSSR count). The first-order chi connectivity index (χ1) is 15.1. The van der Waals surface area contributed by atoms with Crippen LogP contribution in [-0.2, 0) is 16.1 Å². The summed E-state index contributed by atoms with van der Waals surface area (Å²) in [4.78, 5) is 30.6. The second kappa shape index (κ2) is 9.85. The van der Waals surface area contributed by atoms with E-state index < -0.39 is 5.60 Å². The number of imidazole rings is 1. The van der Waals surface area contributed by atoms with Gasteiger partial charge in [0.25, 0.3) is 5.91 Å². The van der Waals surface area contributed by atoms with Gasteiger partial charge in [0, 0.05) is 38.0 Å². The number of hydrogen-bond acceptors (Lipinski definition) is 5. The van der Waals surface area contributed by atoms with E-state index in [1.165, 1.54) is 0 Å². The van der Waals surface area contributed by atoms with E-state index in [0.29, 0.717) is 30.9 Å². The first kappa shape index (κ1) is 23.3. The minimum Gasteiger partial charge on any atom is -0.487 e. The van der Waals surface area contributed by atoms with Crippen LogP contribution < -0.4 is 4.74 Å². The minimum absolute atomic E-state index is 0.101. The number of aryl methyl sites for hydroxylation is 1. The lowest BCUT2D eigenvalue weighted by molar-refractivity contribution is -0.154. The predicted octanol–water partition coefficient (Wildman–Crippen LogP) is 4.42. The Hall–Kier alpha value is -3.35. The van der Waals surface area contributed by atoms with Crippen molar-refractivity contribution in [3.63, 3.8) is 0 Å². The van der Waals surface area contributed by atoms with Crippen LogP contribution in [0.15, 0.2) is 48.8 Å². The summed E-state index contributed by atoms with van der Waals surface area (Å²) < 4.78 is 13.1. The second-order valence-electron chi connectivity index (χ2n) is 8.93. The molecule has 3 aromatic rings. The molecule has 170 valence electrons. The molecule has 2 heterocycles. The predicted molar refractivity (Wildman–Crippen MR) is 123 cm³/mol. The fraction of sp³-hybridized carbons (Fsp3) is 0.400. The summed E-state index contributed by atoms with van der Waals surface area (Å²) in [7, 11) is 1.73. The van der Waals surface area contributed by atoms with E-state index in [1.807, 2.05) is 56.6 Å². The van der Waals surface area contributed by atoms with E-state index >= 15 is 0 Å². The van der Waals surface area contributed by atoms with Crippen molar-refractivity contribution in [2.75, 3.05) is 13.6 Å². The molecule has 1 amide bonds. The topological polar surface area (TPSA) is 73.1 Å². The van der Waals surface area contributed by atoms with E-state index in [0.717, 1.165) is 16.9 Å². The number of ether oxygens (including phenoxy) is 2. The molecule has 0 aliphatic rings. The minimum atomic E-state index is -0.493. The van der Waals surface area contributed by atoms with Crippen LogP contribution in [0.3, 0.4) is 0 Å². The van der Waals surface area contributed by atoms with Gasteiger partial charge in [-0.1, -0.05) is 6.07 Å². The SMILES string of the molecule is Cc1ccc2nc(COc3ccc(C(=O)N(C)CCCC(=O)OC(C)(C)C)cc3)cn2c1. The van der Waals surface area contributed by atoms with Crippen LogP contribution in [0.5, 0.6) is 5.75 Å². The van der Waals surface area contributed by atoms with Gasteiger partial charge in [-0.05, 0) is 70.0 Å². The number of esters is 1. The molecule has 0 unspecified atom stereocenters. The molecule has 7 heteroatoms. The third-order valence-corrected chi connectivity index (χ3v) is 4.78. The average molecular weight is 438 g/mol. The number of hydrogen-bond donors (Lipinski definition) is 0. The molecule has 0 radical (unpaired) electrons. The van der Waals surface area contributed by atoms with E-state index in [1.54, 1.807) is 36.2 Å². The molecule has 0 spiro atoms. The molecular formula is C25H31N3O4. The maximum atomic E-state index is 12.6. The van der Waals surface area contributed by atoms with Crippen molar-refractivity contribution in [1.29, 1.82) is 0 Å². The molecule has 0 aliphatic heterocycles. The highest BCUT2D eigenvalue weighted by molar-refractivity contribution is 5.94. The first-order valence-electron chi connectivity index (χ1n) is 10.8. The lowest BCUT2D eigenvalue weighted by Crippen LogP contribution is -2.29. The van der Waals surface area contributed by atoms with Gasteiger partial charge in [0.2, 0.25) is 0 Å². The Balaban J connectivity index is 1.48. The highest BCUT2D eigenvalue weighted by Gasteiger charge is 2.17. The molecule has 0 saturated heterocycles. The van der Waals surface area contributed by atoms with Crippen molar-refractivity contribution < 1.29 is 19.1 Å². The van der Waals surface area contributed by atoms with Crippen molar-refractivity contribution in [1.82, 2.24) is 14.3 Å². The fourth-order valence-electron chi connectivity index (χ4n) is 3.25. The molecule has 7 nitrogen and oxygen atoms in total. The maximum Gasteiger partial charge on any atom is 0.306 e. The van der Waals surface area contributed by atoms with Crippen molar-refractivity contribution in [3.05, 3.63) is 65.6 Å². The van der Waals surface area contributed by atoms with E-state index in [2.05, 4.69) is 4.98 Å². The molecule has 0 atom stereocenters. The largest absolute Gasteiger partial charge is 0.487 e. The Morgan fingerprint density at radius 2 is 1.78 bits per heavy atom. The van der Waals surface area contributed by atoms with Crippen molar-refractivity contribution in [2.45, 2.75) is 52.7 Å². The number of carbonyl (C=O) groups excluding carboxylic acids is 2. The number of aromatic nitrogens is 2. The number of nitrogens with zero attached hydrogens (tertiary/aromatic N) is 3.